The molecule has 0 bridgehead atoms. The minimum atomic E-state index is -0.291. The molecule has 1 saturated heterocycles. The highest BCUT2D eigenvalue weighted by molar-refractivity contribution is 6.10. The number of allylic oxidation sites excluding steroid dienone is 2. The van der Waals surface area contributed by atoms with E-state index < -0.39 is 0 Å². The highest BCUT2D eigenvalue weighted by atomic mass is 16.2. The number of benzene rings is 2. The van der Waals surface area contributed by atoms with Gasteiger partial charge in [-0.15, -0.1) is 0 Å². The molecule has 0 radical (unpaired) electrons. The van der Waals surface area contributed by atoms with Gasteiger partial charge < -0.3 is 0 Å². The van der Waals surface area contributed by atoms with E-state index in [0.29, 0.717) is 18.4 Å². The summed E-state index contributed by atoms with van der Waals surface area (Å²) < 4.78 is 0. The highest BCUT2D eigenvalue weighted by Crippen LogP contribution is 2.35. The Morgan fingerprint density at radius 2 is 1.35 bits per heavy atom. The van der Waals surface area contributed by atoms with E-state index in [-0.39, 0.29) is 36.0 Å². The molecule has 0 aromatic heterocycles. The number of nitrogens with zero attached hydrogens (tertiary/aromatic N) is 1. The zero-order valence-electron chi connectivity index (χ0n) is 14.3. The Morgan fingerprint density at radius 1 is 0.808 bits per heavy atom. The van der Waals surface area contributed by atoms with Gasteiger partial charge in [-0.2, -0.15) is 0 Å². The molecular weight excluding hydrogens is 326 g/mol. The van der Waals surface area contributed by atoms with Crippen molar-refractivity contribution in [3.63, 3.8) is 0 Å². The van der Waals surface area contributed by atoms with Crippen molar-refractivity contribution in [2.75, 3.05) is 6.54 Å². The van der Waals surface area contributed by atoms with Gasteiger partial charge in [-0.25, -0.2) is 0 Å². The minimum Gasteiger partial charge on any atom is -0.292 e. The predicted molar refractivity (Wildman–Crippen MR) is 98.3 cm³/mol. The van der Waals surface area contributed by atoms with Crippen LogP contribution in [0, 0.1) is 11.8 Å². The van der Waals surface area contributed by atoms with Crippen molar-refractivity contribution in [1.29, 1.82) is 0 Å². The Kier molecular flexibility index (Phi) is 4.25. The van der Waals surface area contributed by atoms with E-state index >= 15 is 0 Å². The van der Waals surface area contributed by atoms with Crippen LogP contribution in [0.1, 0.15) is 23.2 Å². The maximum atomic E-state index is 12.6. The van der Waals surface area contributed by atoms with Gasteiger partial charge in [0.05, 0.1) is 18.4 Å². The summed E-state index contributed by atoms with van der Waals surface area (Å²) in [6.45, 7) is -0.171. The number of rotatable bonds is 4. The molecule has 1 fully saturated rings. The summed E-state index contributed by atoms with van der Waals surface area (Å²) in [5.41, 5.74) is 2.61. The summed E-state index contributed by atoms with van der Waals surface area (Å²) in [4.78, 5) is 38.7. The Labute approximate surface area is 152 Å². The number of hydrogen-bond acceptors (Lipinski definition) is 3. The molecule has 4 rings (SSSR count). The Morgan fingerprint density at radius 3 is 1.92 bits per heavy atom. The maximum absolute atomic E-state index is 12.6. The molecule has 0 spiro atoms. The number of amides is 2. The van der Waals surface area contributed by atoms with Crippen LogP contribution in [0.5, 0.6) is 0 Å². The molecule has 2 aromatic carbocycles. The van der Waals surface area contributed by atoms with E-state index in [1.54, 1.807) is 12.1 Å². The average Bonchev–Trinajstić information content (AvgIpc) is 2.94. The number of carbonyl (C=O) groups excluding carboxylic acids is 3. The molecule has 1 aliphatic heterocycles. The molecule has 2 aromatic rings. The number of ketones is 1. The molecule has 2 amide bonds. The first-order valence-corrected chi connectivity index (χ1v) is 8.84. The molecule has 1 aliphatic carbocycles. The van der Waals surface area contributed by atoms with Gasteiger partial charge in [0, 0.05) is 5.56 Å². The lowest BCUT2D eigenvalue weighted by Gasteiger charge is -2.14. The van der Waals surface area contributed by atoms with Crippen molar-refractivity contribution in [1.82, 2.24) is 4.90 Å². The Bertz CT molecular complexity index is 857. The number of Topliss-reactive ketones (excluding diaryl/α,β-unsaturated/α-hetero) is 1. The zero-order chi connectivity index (χ0) is 18.1. The Hall–Kier alpha value is -3.01. The van der Waals surface area contributed by atoms with Crippen molar-refractivity contribution >= 4 is 17.6 Å². The van der Waals surface area contributed by atoms with E-state index in [1.807, 2.05) is 54.6 Å². The molecule has 0 unspecified atom stereocenters. The van der Waals surface area contributed by atoms with Crippen LogP contribution in [0.3, 0.4) is 0 Å². The van der Waals surface area contributed by atoms with E-state index in [0.717, 1.165) is 16.0 Å². The molecule has 26 heavy (non-hydrogen) atoms. The molecule has 130 valence electrons. The standard InChI is InChI=1S/C22H19NO3/c24-20(14-23-21(25)18-8-4-5-9-19(18)22(23)26)17-12-10-16(11-13-17)15-6-2-1-3-7-15/h1-7,10-13,18-19H,8-9,14H2/t18-,19-/m0/s1. The fourth-order valence-electron chi connectivity index (χ4n) is 3.74. The summed E-state index contributed by atoms with van der Waals surface area (Å²) in [6, 6.07) is 17.2. The van der Waals surface area contributed by atoms with Crippen molar-refractivity contribution in [3.8, 4) is 11.1 Å². The second kappa shape index (κ2) is 6.71. The molecule has 2 aliphatic rings. The van der Waals surface area contributed by atoms with Crippen molar-refractivity contribution < 1.29 is 14.4 Å². The summed E-state index contributed by atoms with van der Waals surface area (Å²) in [5, 5.41) is 0. The van der Waals surface area contributed by atoms with Crippen LogP contribution >= 0.6 is 0 Å². The van der Waals surface area contributed by atoms with E-state index in [1.165, 1.54) is 0 Å². The van der Waals surface area contributed by atoms with Crippen LogP contribution in [0.2, 0.25) is 0 Å². The average molecular weight is 345 g/mol. The van der Waals surface area contributed by atoms with Gasteiger partial charge in [0.2, 0.25) is 11.8 Å². The smallest absolute Gasteiger partial charge is 0.233 e. The van der Waals surface area contributed by atoms with Gasteiger partial charge in [0.15, 0.2) is 5.78 Å². The van der Waals surface area contributed by atoms with Gasteiger partial charge in [-0.3, -0.25) is 19.3 Å². The SMILES string of the molecule is O=C(CN1C(=O)[C@H]2CC=CC[C@@H]2C1=O)c1ccc(-c2ccccc2)cc1. The summed E-state index contributed by atoms with van der Waals surface area (Å²) in [7, 11) is 0. The number of carbonyl (C=O) groups is 3. The third kappa shape index (κ3) is 2.88. The molecule has 2 atom stereocenters. The highest BCUT2D eigenvalue weighted by Gasteiger charge is 2.47. The fourth-order valence-corrected chi connectivity index (χ4v) is 3.74. The van der Waals surface area contributed by atoms with E-state index in [2.05, 4.69) is 0 Å². The Balaban J connectivity index is 1.48. The second-order valence-electron chi connectivity index (χ2n) is 6.78. The van der Waals surface area contributed by atoms with Gasteiger partial charge in [0.1, 0.15) is 0 Å². The summed E-state index contributed by atoms with van der Waals surface area (Å²) >= 11 is 0. The normalized spacial score (nSPS) is 21.8. The van der Waals surface area contributed by atoms with Gasteiger partial charge in [-0.05, 0) is 24.0 Å². The van der Waals surface area contributed by atoms with Crippen LogP contribution in [0.25, 0.3) is 11.1 Å². The van der Waals surface area contributed by atoms with E-state index in [4.69, 9.17) is 0 Å². The van der Waals surface area contributed by atoms with Crippen LogP contribution in [-0.2, 0) is 9.59 Å². The lowest BCUT2D eigenvalue weighted by atomic mass is 9.85. The van der Waals surface area contributed by atoms with Gasteiger partial charge >= 0.3 is 0 Å². The lowest BCUT2D eigenvalue weighted by Crippen LogP contribution is -2.36. The van der Waals surface area contributed by atoms with Crippen molar-refractivity contribution in [2.24, 2.45) is 11.8 Å². The second-order valence-corrected chi connectivity index (χ2v) is 6.78. The first-order valence-electron chi connectivity index (χ1n) is 8.84. The molecule has 1 heterocycles. The number of imide groups is 1. The van der Waals surface area contributed by atoms with Crippen LogP contribution in [0.4, 0.5) is 0 Å². The quantitative estimate of drug-likeness (QED) is 0.484. The first kappa shape index (κ1) is 16.5. The van der Waals surface area contributed by atoms with Crippen LogP contribution in [-0.4, -0.2) is 29.0 Å². The maximum Gasteiger partial charge on any atom is 0.233 e. The molecule has 4 heteroatoms. The molecular formula is C22H19NO3. The van der Waals surface area contributed by atoms with Crippen molar-refractivity contribution in [2.45, 2.75) is 12.8 Å². The third-order valence-electron chi connectivity index (χ3n) is 5.21. The minimum absolute atomic E-state index is 0.171. The largest absolute Gasteiger partial charge is 0.292 e. The number of fused-ring (bicyclic) bond motifs is 1. The molecule has 0 saturated carbocycles. The van der Waals surface area contributed by atoms with Crippen molar-refractivity contribution in [3.05, 3.63) is 72.3 Å². The van der Waals surface area contributed by atoms with Crippen LogP contribution in [0.15, 0.2) is 66.7 Å². The zero-order valence-corrected chi connectivity index (χ0v) is 14.3. The lowest BCUT2D eigenvalue weighted by molar-refractivity contribution is -0.139. The van der Waals surface area contributed by atoms with Crippen LogP contribution < -0.4 is 0 Å². The van der Waals surface area contributed by atoms with E-state index in [9.17, 15) is 14.4 Å². The number of likely N-dealkylation sites (tertiary alicyclic amines) is 1. The molecule has 0 N–H and O–H groups in total. The third-order valence-corrected chi connectivity index (χ3v) is 5.21. The predicted octanol–water partition coefficient (Wildman–Crippen LogP) is 3.49. The van der Waals surface area contributed by atoms with Gasteiger partial charge in [0.25, 0.3) is 0 Å². The molecule has 4 nitrogen and oxygen atoms in total. The monoisotopic (exact) mass is 345 g/mol. The topological polar surface area (TPSA) is 54.5 Å². The first-order chi connectivity index (χ1) is 12.6. The summed E-state index contributed by atoms with van der Waals surface area (Å²) in [5.74, 6) is -1.21. The number of hydrogen-bond donors (Lipinski definition) is 0. The van der Waals surface area contributed by atoms with Gasteiger partial charge in [-0.1, -0.05) is 66.7 Å². The fraction of sp³-hybridized carbons (Fsp3) is 0.227. The summed E-state index contributed by atoms with van der Waals surface area (Å²) in [6.07, 6.45) is 5.07.